The molecule has 0 aliphatic rings. The molecular formula is C11H23NO6. The van der Waals surface area contributed by atoms with Gasteiger partial charge in [-0.3, -0.25) is 9.59 Å². The Hall–Kier alpha value is -1.18. The number of quaternary nitrogens is 1. The zero-order valence-corrected chi connectivity index (χ0v) is 10.7. The molecule has 0 saturated carbocycles. The van der Waals surface area contributed by atoms with E-state index >= 15 is 0 Å². The van der Waals surface area contributed by atoms with E-state index in [4.69, 9.17) is 20.4 Å². The molecule has 18 heavy (non-hydrogen) atoms. The van der Waals surface area contributed by atoms with Gasteiger partial charge < -0.3 is 32.3 Å². The summed E-state index contributed by atoms with van der Waals surface area (Å²) in [7, 11) is 0. The van der Waals surface area contributed by atoms with Crippen LogP contribution in [0.3, 0.4) is 0 Å². The minimum absolute atomic E-state index is 0. The van der Waals surface area contributed by atoms with Crippen molar-refractivity contribution in [1.29, 1.82) is 0 Å². The first kappa shape index (κ1) is 19.2. The van der Waals surface area contributed by atoms with E-state index in [2.05, 4.69) is 0 Å². The number of nitrogens with zero attached hydrogens (tertiary/aromatic N) is 1. The van der Waals surface area contributed by atoms with Gasteiger partial charge in [-0.15, -0.1) is 0 Å². The standard InChI is InChI=1S/C10H19NO6.CH3/c12-7-5-11(6-8-13,3-1-9(14)15)4-2-10(16)17;/h12-13H,1-8H2,(H-,14,15,16,17);1H3/q;-1/p+1. The Morgan fingerprint density at radius 2 is 1.11 bits per heavy atom. The Bertz CT molecular complexity index is 230. The molecule has 0 atom stereocenters. The summed E-state index contributed by atoms with van der Waals surface area (Å²) in [5.41, 5.74) is 0. The lowest BCUT2D eigenvalue weighted by molar-refractivity contribution is -0.927. The second-order valence-electron chi connectivity index (χ2n) is 3.97. The summed E-state index contributed by atoms with van der Waals surface area (Å²) in [4.78, 5) is 21.1. The lowest BCUT2D eigenvalue weighted by atomic mass is 10.2. The minimum atomic E-state index is -0.973. The second-order valence-corrected chi connectivity index (χ2v) is 3.97. The lowest BCUT2D eigenvalue weighted by Crippen LogP contribution is -2.53. The van der Waals surface area contributed by atoms with Gasteiger partial charge in [0.25, 0.3) is 0 Å². The molecule has 0 bridgehead atoms. The van der Waals surface area contributed by atoms with Gasteiger partial charge >= 0.3 is 11.9 Å². The molecule has 0 spiro atoms. The molecule has 0 aliphatic carbocycles. The van der Waals surface area contributed by atoms with Gasteiger partial charge in [-0.05, 0) is 0 Å². The van der Waals surface area contributed by atoms with E-state index in [9.17, 15) is 9.59 Å². The van der Waals surface area contributed by atoms with E-state index in [0.29, 0.717) is 0 Å². The summed E-state index contributed by atoms with van der Waals surface area (Å²) in [5, 5.41) is 35.2. The fourth-order valence-electron chi connectivity index (χ4n) is 1.76. The fraction of sp³-hybridized carbons (Fsp3) is 0.727. The van der Waals surface area contributed by atoms with Crippen molar-refractivity contribution in [1.82, 2.24) is 0 Å². The predicted octanol–water partition coefficient (Wildman–Crippen LogP) is -0.813. The number of aliphatic hydroxyl groups is 2. The molecule has 108 valence electrons. The molecule has 0 rings (SSSR count). The first-order chi connectivity index (χ1) is 7.95. The number of rotatable bonds is 10. The third-order valence-corrected chi connectivity index (χ3v) is 2.75. The van der Waals surface area contributed by atoms with Crippen molar-refractivity contribution >= 4 is 11.9 Å². The first-order valence-corrected chi connectivity index (χ1v) is 5.46. The second kappa shape index (κ2) is 9.81. The third-order valence-electron chi connectivity index (χ3n) is 2.75. The Labute approximate surface area is 107 Å². The maximum atomic E-state index is 10.5. The number of aliphatic carboxylic acids is 2. The molecule has 0 amide bonds. The molecule has 0 aromatic heterocycles. The number of hydrogen-bond acceptors (Lipinski definition) is 4. The molecule has 0 fully saturated rings. The largest absolute Gasteiger partial charge is 0.481 e. The lowest BCUT2D eigenvalue weighted by Gasteiger charge is -2.37. The maximum absolute atomic E-state index is 10.5. The molecular weight excluding hydrogens is 242 g/mol. The molecule has 0 heterocycles. The summed E-state index contributed by atoms with van der Waals surface area (Å²) >= 11 is 0. The van der Waals surface area contributed by atoms with Crippen molar-refractivity contribution in [2.45, 2.75) is 12.8 Å². The zero-order valence-electron chi connectivity index (χ0n) is 10.7. The normalized spacial score (nSPS) is 10.8. The number of carbonyl (C=O) groups is 2. The summed E-state index contributed by atoms with van der Waals surface area (Å²) in [6.07, 6.45) is -0.223. The van der Waals surface area contributed by atoms with Crippen LogP contribution in [0.25, 0.3) is 0 Å². The van der Waals surface area contributed by atoms with Gasteiger partial charge in [0.1, 0.15) is 13.1 Å². The van der Waals surface area contributed by atoms with Gasteiger partial charge in [-0.2, -0.15) is 0 Å². The van der Waals surface area contributed by atoms with E-state index in [-0.39, 0.29) is 64.1 Å². The minimum Gasteiger partial charge on any atom is -0.481 e. The number of hydrogen-bond donors (Lipinski definition) is 4. The predicted molar refractivity (Wildman–Crippen MR) is 64.8 cm³/mol. The van der Waals surface area contributed by atoms with Gasteiger partial charge in [-0.25, -0.2) is 0 Å². The number of aliphatic hydroxyl groups excluding tert-OH is 2. The van der Waals surface area contributed by atoms with Crippen LogP contribution in [0.1, 0.15) is 12.8 Å². The van der Waals surface area contributed by atoms with Crippen LogP contribution in [-0.2, 0) is 9.59 Å². The SMILES string of the molecule is O=C(O)CC[N+](CCO)(CCO)CCC(=O)O.[CH3-]. The monoisotopic (exact) mass is 265 g/mol. The highest BCUT2D eigenvalue weighted by Crippen LogP contribution is 2.09. The van der Waals surface area contributed by atoms with Crippen LogP contribution in [0, 0.1) is 7.43 Å². The molecule has 0 aliphatic heterocycles. The topological polar surface area (TPSA) is 115 Å². The molecule has 0 unspecified atom stereocenters. The smallest absolute Gasteiger partial charge is 0.309 e. The van der Waals surface area contributed by atoms with Gasteiger partial charge in [0, 0.05) is 0 Å². The van der Waals surface area contributed by atoms with Crippen LogP contribution in [0.4, 0.5) is 0 Å². The summed E-state index contributed by atoms with van der Waals surface area (Å²) in [6, 6.07) is 0. The highest BCUT2D eigenvalue weighted by molar-refractivity contribution is 5.67. The Morgan fingerprint density at radius 3 is 1.33 bits per heavy atom. The fourth-order valence-corrected chi connectivity index (χ4v) is 1.76. The average molecular weight is 265 g/mol. The average Bonchev–Trinajstić information content (AvgIpc) is 2.24. The van der Waals surface area contributed by atoms with Gasteiger partial charge in [0.05, 0.1) is 39.1 Å². The van der Waals surface area contributed by atoms with Crippen molar-refractivity contribution in [3.05, 3.63) is 7.43 Å². The molecule has 0 aromatic carbocycles. The molecule has 0 aromatic rings. The van der Waals surface area contributed by atoms with Crippen molar-refractivity contribution < 1.29 is 34.5 Å². The Kier molecular flexibility index (Phi) is 10.4. The van der Waals surface area contributed by atoms with Crippen molar-refractivity contribution in [2.24, 2.45) is 0 Å². The van der Waals surface area contributed by atoms with E-state index in [1.807, 2.05) is 0 Å². The van der Waals surface area contributed by atoms with E-state index < -0.39 is 11.9 Å². The van der Waals surface area contributed by atoms with E-state index in [1.54, 1.807) is 0 Å². The maximum Gasteiger partial charge on any atom is 0.309 e. The van der Waals surface area contributed by atoms with Crippen LogP contribution >= 0.6 is 0 Å². The van der Waals surface area contributed by atoms with E-state index in [1.165, 1.54) is 0 Å². The van der Waals surface area contributed by atoms with Crippen molar-refractivity contribution in [3.63, 3.8) is 0 Å². The highest BCUT2D eigenvalue weighted by Gasteiger charge is 2.28. The summed E-state index contributed by atoms with van der Waals surface area (Å²) < 4.78 is 0.117. The van der Waals surface area contributed by atoms with E-state index in [0.717, 1.165) is 0 Å². The summed E-state index contributed by atoms with van der Waals surface area (Å²) in [5.74, 6) is -1.95. The quantitative estimate of drug-likeness (QED) is 0.303. The molecule has 7 heteroatoms. The van der Waals surface area contributed by atoms with Crippen LogP contribution in [-0.4, -0.2) is 76.2 Å². The molecule has 0 radical (unpaired) electrons. The van der Waals surface area contributed by atoms with Crippen LogP contribution < -0.4 is 0 Å². The Balaban J connectivity index is 0. The molecule has 7 nitrogen and oxygen atoms in total. The van der Waals surface area contributed by atoms with Gasteiger partial charge in [-0.1, -0.05) is 0 Å². The van der Waals surface area contributed by atoms with Crippen molar-refractivity contribution in [3.8, 4) is 0 Å². The third kappa shape index (κ3) is 7.99. The number of carboxylic acids is 2. The number of carboxylic acid groups (broad SMARTS) is 2. The van der Waals surface area contributed by atoms with Crippen LogP contribution in [0.15, 0.2) is 0 Å². The highest BCUT2D eigenvalue weighted by atomic mass is 16.4. The van der Waals surface area contributed by atoms with Gasteiger partial charge in [0.2, 0.25) is 0 Å². The van der Waals surface area contributed by atoms with Crippen molar-refractivity contribution in [2.75, 3.05) is 39.4 Å². The first-order valence-electron chi connectivity index (χ1n) is 5.46. The molecule has 0 saturated heterocycles. The zero-order chi connectivity index (χ0) is 13.3. The van der Waals surface area contributed by atoms with Gasteiger partial charge in [0.15, 0.2) is 0 Å². The van der Waals surface area contributed by atoms with Crippen LogP contribution in [0.5, 0.6) is 0 Å². The summed E-state index contributed by atoms with van der Waals surface area (Å²) in [6.45, 7) is 0.591. The Morgan fingerprint density at radius 1 is 0.778 bits per heavy atom. The van der Waals surface area contributed by atoms with Crippen LogP contribution in [0.2, 0.25) is 0 Å². The molecule has 4 N–H and O–H groups in total.